The lowest BCUT2D eigenvalue weighted by atomic mass is 9.92. The average Bonchev–Trinajstić information content (AvgIpc) is 3.29. The first kappa shape index (κ1) is 17.2. The molecule has 7 nitrogen and oxygen atoms in total. The summed E-state index contributed by atoms with van der Waals surface area (Å²) in [6.45, 7) is 1.81. The van der Waals surface area contributed by atoms with Crippen LogP contribution in [0.2, 0.25) is 0 Å². The number of rotatable bonds is 4. The first-order valence-corrected chi connectivity index (χ1v) is 10.3. The summed E-state index contributed by atoms with van der Waals surface area (Å²) < 4.78 is 29.3. The third-order valence-electron chi connectivity index (χ3n) is 5.24. The maximum absolute atomic E-state index is 12.9. The van der Waals surface area contributed by atoms with Crippen LogP contribution < -0.4 is 5.32 Å². The van der Waals surface area contributed by atoms with Gasteiger partial charge in [0.15, 0.2) is 0 Å². The summed E-state index contributed by atoms with van der Waals surface area (Å²) in [4.78, 5) is 4.45. The van der Waals surface area contributed by atoms with E-state index in [9.17, 15) is 13.7 Å². The van der Waals surface area contributed by atoms with Crippen molar-refractivity contribution in [2.24, 2.45) is 5.41 Å². The number of para-hydroxylation sites is 1. The number of hydrogen-bond acceptors (Lipinski definition) is 5. The monoisotopic (exact) mass is 371 g/mol. The summed E-state index contributed by atoms with van der Waals surface area (Å²) in [7, 11) is -3.51. The number of imidazole rings is 1. The molecule has 0 amide bonds. The summed E-state index contributed by atoms with van der Waals surface area (Å²) in [5, 5.41) is 12.6. The molecule has 0 bridgehead atoms. The van der Waals surface area contributed by atoms with Crippen LogP contribution in [0.15, 0.2) is 36.7 Å². The van der Waals surface area contributed by atoms with Crippen LogP contribution in [0, 0.1) is 16.7 Å². The van der Waals surface area contributed by atoms with Crippen LogP contribution in [-0.2, 0) is 23.0 Å². The fourth-order valence-electron chi connectivity index (χ4n) is 3.77. The van der Waals surface area contributed by atoms with E-state index >= 15 is 0 Å². The third-order valence-corrected chi connectivity index (χ3v) is 7.26. The van der Waals surface area contributed by atoms with Crippen LogP contribution in [0.4, 0.5) is 0 Å². The smallest absolute Gasteiger partial charge is 0.216 e. The molecule has 8 heteroatoms. The normalized spacial score (nSPS) is 23.5. The molecule has 0 spiro atoms. The number of fused-ring (bicyclic) bond motifs is 1. The molecule has 3 heterocycles. The van der Waals surface area contributed by atoms with E-state index in [-0.39, 0.29) is 12.3 Å². The number of nitrogens with one attached hydrogen (secondary N) is 1. The van der Waals surface area contributed by atoms with Gasteiger partial charge in [-0.05, 0) is 25.1 Å². The molecule has 1 fully saturated rings. The third kappa shape index (κ3) is 3.03. The Morgan fingerprint density at radius 2 is 2.12 bits per heavy atom. The summed E-state index contributed by atoms with van der Waals surface area (Å²) >= 11 is 0. The van der Waals surface area contributed by atoms with Gasteiger partial charge in [-0.1, -0.05) is 18.2 Å². The zero-order valence-electron chi connectivity index (χ0n) is 14.4. The summed E-state index contributed by atoms with van der Waals surface area (Å²) in [6, 6.07) is 12.2. The summed E-state index contributed by atoms with van der Waals surface area (Å²) in [5.74, 6) is -0.127. The van der Waals surface area contributed by atoms with Gasteiger partial charge in [-0.2, -0.15) is 9.57 Å². The minimum Gasteiger partial charge on any atom is -0.315 e. The average molecular weight is 371 g/mol. The SMILES string of the molecule is N#CC1(CS(=O)(=O)N2CCc3c(ncn3-c3ccccc3)C2)CCNC1. The van der Waals surface area contributed by atoms with Crippen molar-refractivity contribution < 1.29 is 8.42 Å². The van der Waals surface area contributed by atoms with Crippen molar-refractivity contribution in [1.29, 1.82) is 5.26 Å². The topological polar surface area (TPSA) is 91.0 Å². The fraction of sp³-hybridized carbons (Fsp3) is 0.444. The van der Waals surface area contributed by atoms with Crippen LogP contribution in [0.3, 0.4) is 0 Å². The summed E-state index contributed by atoms with van der Waals surface area (Å²) in [6.07, 6.45) is 2.94. The van der Waals surface area contributed by atoms with E-state index in [1.54, 1.807) is 6.33 Å². The Bertz CT molecular complexity index is 940. The molecule has 1 saturated heterocycles. The van der Waals surface area contributed by atoms with Crippen molar-refractivity contribution in [1.82, 2.24) is 19.2 Å². The number of sulfonamides is 1. The molecule has 0 saturated carbocycles. The highest BCUT2D eigenvalue weighted by atomic mass is 32.2. The Morgan fingerprint density at radius 1 is 1.31 bits per heavy atom. The predicted octanol–water partition coefficient (Wildman–Crippen LogP) is 1.06. The quantitative estimate of drug-likeness (QED) is 0.868. The highest BCUT2D eigenvalue weighted by Crippen LogP contribution is 2.30. The van der Waals surface area contributed by atoms with Gasteiger partial charge in [0, 0.05) is 30.9 Å². The van der Waals surface area contributed by atoms with Gasteiger partial charge in [-0.15, -0.1) is 0 Å². The molecular weight excluding hydrogens is 350 g/mol. The maximum atomic E-state index is 12.9. The van der Waals surface area contributed by atoms with E-state index in [0.717, 1.165) is 17.1 Å². The number of benzene rings is 1. The van der Waals surface area contributed by atoms with Crippen molar-refractivity contribution >= 4 is 10.0 Å². The van der Waals surface area contributed by atoms with Gasteiger partial charge in [-0.25, -0.2) is 13.4 Å². The van der Waals surface area contributed by atoms with Gasteiger partial charge in [0.25, 0.3) is 0 Å². The van der Waals surface area contributed by atoms with Gasteiger partial charge in [0.2, 0.25) is 10.0 Å². The molecule has 1 aromatic carbocycles. The van der Waals surface area contributed by atoms with Gasteiger partial charge in [-0.3, -0.25) is 0 Å². The Balaban J connectivity index is 1.56. The molecule has 26 heavy (non-hydrogen) atoms. The van der Waals surface area contributed by atoms with Crippen molar-refractivity contribution in [2.45, 2.75) is 19.4 Å². The Labute approximate surface area is 153 Å². The zero-order chi connectivity index (χ0) is 18.2. The molecule has 2 aliphatic rings. The molecule has 136 valence electrons. The maximum Gasteiger partial charge on any atom is 0.216 e. The molecule has 0 aliphatic carbocycles. The van der Waals surface area contributed by atoms with Gasteiger partial charge in [0.1, 0.15) is 0 Å². The van der Waals surface area contributed by atoms with Crippen LogP contribution in [-0.4, -0.2) is 47.7 Å². The van der Waals surface area contributed by atoms with E-state index in [1.165, 1.54) is 4.31 Å². The van der Waals surface area contributed by atoms with E-state index in [1.807, 2.05) is 34.9 Å². The largest absolute Gasteiger partial charge is 0.315 e. The van der Waals surface area contributed by atoms with Crippen LogP contribution in [0.25, 0.3) is 5.69 Å². The fourth-order valence-corrected chi connectivity index (χ4v) is 5.65. The van der Waals surface area contributed by atoms with Crippen molar-refractivity contribution in [3.8, 4) is 11.8 Å². The molecule has 1 N–H and O–H groups in total. The lowest BCUT2D eigenvalue weighted by Crippen LogP contribution is -2.42. The minimum atomic E-state index is -3.51. The molecule has 2 aromatic rings. The van der Waals surface area contributed by atoms with E-state index in [2.05, 4.69) is 16.4 Å². The number of nitrogens with zero attached hydrogens (tertiary/aromatic N) is 4. The second-order valence-electron chi connectivity index (χ2n) is 7.00. The van der Waals surface area contributed by atoms with Crippen molar-refractivity contribution in [3.05, 3.63) is 48.0 Å². The Hall–Kier alpha value is -2.21. The van der Waals surface area contributed by atoms with Crippen LogP contribution in [0.5, 0.6) is 0 Å². The van der Waals surface area contributed by atoms with Gasteiger partial charge >= 0.3 is 0 Å². The zero-order valence-corrected chi connectivity index (χ0v) is 15.2. The lowest BCUT2D eigenvalue weighted by Gasteiger charge is -2.29. The van der Waals surface area contributed by atoms with E-state index in [4.69, 9.17) is 0 Å². The molecule has 0 radical (unpaired) electrons. The van der Waals surface area contributed by atoms with Gasteiger partial charge in [0.05, 0.1) is 35.8 Å². The van der Waals surface area contributed by atoms with Crippen LogP contribution in [0.1, 0.15) is 17.8 Å². The lowest BCUT2D eigenvalue weighted by molar-refractivity contribution is 0.371. The molecule has 1 aromatic heterocycles. The van der Waals surface area contributed by atoms with Gasteiger partial charge < -0.3 is 9.88 Å². The highest BCUT2D eigenvalue weighted by Gasteiger charge is 2.41. The Kier molecular flexibility index (Phi) is 4.31. The minimum absolute atomic E-state index is 0.127. The second kappa shape index (κ2) is 6.50. The predicted molar refractivity (Wildman–Crippen MR) is 97.0 cm³/mol. The number of nitriles is 1. The molecule has 2 aliphatic heterocycles. The first-order chi connectivity index (χ1) is 12.5. The highest BCUT2D eigenvalue weighted by molar-refractivity contribution is 7.89. The number of hydrogen-bond donors (Lipinski definition) is 1. The first-order valence-electron chi connectivity index (χ1n) is 8.73. The van der Waals surface area contributed by atoms with Crippen LogP contribution >= 0.6 is 0 Å². The summed E-state index contributed by atoms with van der Waals surface area (Å²) in [5.41, 5.74) is 2.06. The van der Waals surface area contributed by atoms with E-state index in [0.29, 0.717) is 32.5 Å². The van der Waals surface area contributed by atoms with E-state index < -0.39 is 15.4 Å². The van der Waals surface area contributed by atoms with Crippen molar-refractivity contribution in [3.63, 3.8) is 0 Å². The second-order valence-corrected chi connectivity index (χ2v) is 8.97. The molecule has 1 atom stereocenters. The Morgan fingerprint density at radius 3 is 2.81 bits per heavy atom. The molecule has 4 rings (SSSR count). The molecule has 1 unspecified atom stereocenters. The van der Waals surface area contributed by atoms with Crippen molar-refractivity contribution in [2.75, 3.05) is 25.4 Å². The standard InChI is InChI=1S/C18H21N5O2S/c19-11-18(7-8-20-12-18)13-26(24,25)22-9-6-17-16(10-22)21-14-23(17)15-4-2-1-3-5-15/h1-5,14,20H,6-10,12-13H2. The molecular formula is C18H21N5O2S. The number of aromatic nitrogens is 2.